The van der Waals surface area contributed by atoms with Gasteiger partial charge in [-0.1, -0.05) is 195 Å². The van der Waals surface area contributed by atoms with Crippen molar-refractivity contribution in [1.29, 1.82) is 0 Å². The quantitative estimate of drug-likeness (QED) is 0.0726. The van der Waals surface area contributed by atoms with E-state index in [9.17, 15) is 5.11 Å². The van der Waals surface area contributed by atoms with E-state index < -0.39 is 8.32 Å². The van der Waals surface area contributed by atoms with Crippen molar-refractivity contribution < 1.29 is 9.53 Å². The molecule has 0 amide bonds. The average molecular weight is 625 g/mol. The highest BCUT2D eigenvalue weighted by atomic mass is 28.4. The van der Waals surface area contributed by atoms with Crippen LogP contribution < -0.4 is 10.4 Å². The summed E-state index contributed by atoms with van der Waals surface area (Å²) >= 11 is 0. The third-order valence-corrected chi connectivity index (χ3v) is 14.0. The van der Waals surface area contributed by atoms with E-state index in [1.165, 1.54) is 66.4 Å². The number of aliphatic hydroxyl groups excluding tert-OH is 1. The molecule has 3 rings (SSSR count). The zero-order chi connectivity index (χ0) is 32.2. The van der Waals surface area contributed by atoms with Crippen LogP contribution in [0.15, 0.2) is 103 Å². The second kappa shape index (κ2) is 20.4. The molecule has 0 aliphatic carbocycles. The average Bonchev–Trinajstić information content (AvgIpc) is 3.05. The molecule has 0 radical (unpaired) electrons. The Bertz CT molecular complexity index is 1200. The minimum atomic E-state index is -2.46. The molecular weight excluding hydrogens is 565 g/mol. The molecular formula is C42H60O2Si. The van der Waals surface area contributed by atoms with Gasteiger partial charge in [-0.2, -0.15) is 0 Å². The van der Waals surface area contributed by atoms with E-state index in [4.69, 9.17) is 4.43 Å². The first-order chi connectivity index (χ1) is 21.9. The number of unbranched alkanes of at least 4 members (excludes halogenated alkanes) is 9. The van der Waals surface area contributed by atoms with Crippen molar-refractivity contribution in [3.05, 3.63) is 114 Å². The van der Waals surface area contributed by atoms with Crippen molar-refractivity contribution in [2.24, 2.45) is 0 Å². The van der Waals surface area contributed by atoms with Gasteiger partial charge in [0.2, 0.25) is 0 Å². The third-order valence-electron chi connectivity index (χ3n) is 8.95. The highest BCUT2D eigenvalue weighted by Gasteiger charge is 2.49. The van der Waals surface area contributed by atoms with Crippen LogP contribution in [0.2, 0.25) is 5.04 Å². The SMILES string of the molecule is CCCCCCCCCCC(O)/C=C/C=C/c1ccccc1CCCCCO[Si](c1ccccc1)(c1ccccc1)C(C)(C)C. The Morgan fingerprint density at radius 1 is 0.667 bits per heavy atom. The van der Waals surface area contributed by atoms with Crippen molar-refractivity contribution in [3.63, 3.8) is 0 Å². The molecule has 1 atom stereocenters. The predicted molar refractivity (Wildman–Crippen MR) is 199 cm³/mol. The van der Waals surface area contributed by atoms with E-state index in [2.05, 4.69) is 125 Å². The summed E-state index contributed by atoms with van der Waals surface area (Å²) in [4.78, 5) is 0. The third kappa shape index (κ3) is 12.2. The van der Waals surface area contributed by atoms with Gasteiger partial charge in [0.25, 0.3) is 8.32 Å². The molecule has 0 saturated heterocycles. The highest BCUT2D eigenvalue weighted by molar-refractivity contribution is 6.99. The van der Waals surface area contributed by atoms with Gasteiger partial charge in [-0.15, -0.1) is 0 Å². The van der Waals surface area contributed by atoms with Crippen molar-refractivity contribution >= 4 is 24.8 Å². The van der Waals surface area contributed by atoms with Gasteiger partial charge in [-0.05, 0) is 52.2 Å². The Labute approximate surface area is 276 Å². The van der Waals surface area contributed by atoms with Gasteiger partial charge in [0.05, 0.1) is 6.10 Å². The van der Waals surface area contributed by atoms with E-state index in [-0.39, 0.29) is 11.1 Å². The molecule has 0 aromatic heterocycles. The number of hydrogen-bond acceptors (Lipinski definition) is 2. The molecule has 244 valence electrons. The van der Waals surface area contributed by atoms with Crippen LogP contribution in [-0.4, -0.2) is 26.1 Å². The summed E-state index contributed by atoms with van der Waals surface area (Å²) in [7, 11) is -2.46. The Kier molecular flexibility index (Phi) is 16.7. The lowest BCUT2D eigenvalue weighted by Crippen LogP contribution is -2.66. The maximum absolute atomic E-state index is 10.4. The molecule has 45 heavy (non-hydrogen) atoms. The second-order valence-corrected chi connectivity index (χ2v) is 17.9. The zero-order valence-corrected chi connectivity index (χ0v) is 29.7. The molecule has 1 N–H and O–H groups in total. The number of aryl methyl sites for hydroxylation is 1. The van der Waals surface area contributed by atoms with Crippen LogP contribution in [-0.2, 0) is 10.8 Å². The predicted octanol–water partition coefficient (Wildman–Crippen LogP) is 10.4. The fraction of sp³-hybridized carbons (Fsp3) is 0.476. The molecule has 3 heteroatoms. The lowest BCUT2D eigenvalue weighted by molar-refractivity contribution is 0.208. The van der Waals surface area contributed by atoms with Gasteiger partial charge >= 0.3 is 0 Å². The molecule has 0 bridgehead atoms. The number of rotatable bonds is 21. The van der Waals surface area contributed by atoms with Gasteiger partial charge in [-0.3, -0.25) is 0 Å². The lowest BCUT2D eigenvalue weighted by atomic mass is 10.0. The van der Waals surface area contributed by atoms with Gasteiger partial charge in [-0.25, -0.2) is 0 Å². The van der Waals surface area contributed by atoms with Crippen molar-refractivity contribution in [2.75, 3.05) is 6.61 Å². The summed E-state index contributed by atoms with van der Waals surface area (Å²) in [6.07, 6.45) is 23.5. The van der Waals surface area contributed by atoms with Crippen molar-refractivity contribution in [1.82, 2.24) is 0 Å². The van der Waals surface area contributed by atoms with Gasteiger partial charge in [0, 0.05) is 6.61 Å². The number of benzene rings is 3. The minimum Gasteiger partial charge on any atom is -0.407 e. The lowest BCUT2D eigenvalue weighted by Gasteiger charge is -2.43. The molecule has 3 aromatic carbocycles. The first-order valence-electron chi connectivity index (χ1n) is 17.7. The minimum absolute atomic E-state index is 0.0129. The maximum atomic E-state index is 10.4. The summed E-state index contributed by atoms with van der Waals surface area (Å²) in [6, 6.07) is 30.6. The van der Waals surface area contributed by atoms with Crippen molar-refractivity contribution in [2.45, 2.75) is 122 Å². The summed E-state index contributed by atoms with van der Waals surface area (Å²) in [5, 5.41) is 13.1. The fourth-order valence-electron chi connectivity index (χ4n) is 6.44. The largest absolute Gasteiger partial charge is 0.407 e. The van der Waals surface area contributed by atoms with Crippen LogP contribution in [0.3, 0.4) is 0 Å². The second-order valence-electron chi connectivity index (χ2n) is 13.6. The molecule has 0 aliphatic rings. The van der Waals surface area contributed by atoms with Gasteiger partial charge in [0.15, 0.2) is 0 Å². The smallest absolute Gasteiger partial charge is 0.261 e. The Morgan fingerprint density at radius 2 is 1.22 bits per heavy atom. The van der Waals surface area contributed by atoms with E-state index >= 15 is 0 Å². The highest BCUT2D eigenvalue weighted by Crippen LogP contribution is 2.36. The van der Waals surface area contributed by atoms with Crippen LogP contribution in [0.25, 0.3) is 6.08 Å². The van der Waals surface area contributed by atoms with E-state index in [0.29, 0.717) is 0 Å². The van der Waals surface area contributed by atoms with Gasteiger partial charge < -0.3 is 9.53 Å². The molecule has 3 aromatic rings. The van der Waals surface area contributed by atoms with Crippen LogP contribution in [0.1, 0.15) is 116 Å². The first kappa shape index (κ1) is 36.7. The van der Waals surface area contributed by atoms with Crippen molar-refractivity contribution in [3.8, 4) is 0 Å². The topological polar surface area (TPSA) is 29.5 Å². The Hall–Kier alpha value is -2.72. The summed E-state index contributed by atoms with van der Waals surface area (Å²) in [6.45, 7) is 10.1. The first-order valence-corrected chi connectivity index (χ1v) is 19.6. The molecule has 0 heterocycles. The number of aliphatic hydroxyl groups is 1. The van der Waals surface area contributed by atoms with Crippen LogP contribution in [0.4, 0.5) is 0 Å². The monoisotopic (exact) mass is 624 g/mol. The number of allylic oxidation sites excluding steroid dienone is 2. The van der Waals surface area contributed by atoms with Crippen LogP contribution >= 0.6 is 0 Å². The van der Waals surface area contributed by atoms with Crippen LogP contribution in [0.5, 0.6) is 0 Å². The van der Waals surface area contributed by atoms with E-state index in [1.807, 2.05) is 12.2 Å². The number of hydrogen-bond donors (Lipinski definition) is 1. The van der Waals surface area contributed by atoms with E-state index in [1.54, 1.807) is 0 Å². The zero-order valence-electron chi connectivity index (χ0n) is 28.7. The van der Waals surface area contributed by atoms with Crippen LogP contribution in [0, 0.1) is 0 Å². The summed E-state index contributed by atoms with van der Waals surface area (Å²) in [5.41, 5.74) is 2.65. The normalized spacial score (nSPS) is 13.2. The van der Waals surface area contributed by atoms with Gasteiger partial charge in [0.1, 0.15) is 0 Å². The molecule has 2 nitrogen and oxygen atoms in total. The maximum Gasteiger partial charge on any atom is 0.261 e. The van der Waals surface area contributed by atoms with E-state index in [0.717, 1.165) is 45.1 Å². The Morgan fingerprint density at radius 3 is 1.84 bits per heavy atom. The molecule has 0 saturated carbocycles. The fourth-order valence-corrected chi connectivity index (χ4v) is 11.0. The molecule has 0 spiro atoms. The summed E-state index contributed by atoms with van der Waals surface area (Å²) < 4.78 is 7.08. The summed E-state index contributed by atoms with van der Waals surface area (Å²) in [5.74, 6) is 0. The molecule has 0 aliphatic heterocycles. The molecule has 0 fully saturated rings. The molecule has 1 unspecified atom stereocenters. The Balaban J connectivity index is 1.46. The standard InChI is InChI=1S/C42H60O2Si/c1-5-6-7-8-9-10-11-16-30-39(43)31-24-23-29-38-28-22-21-27-37(38)26-15-14-25-36-44-45(42(2,3)4,40-32-17-12-18-33-40)41-34-19-13-20-35-41/h12-13,17-24,27-29,31-35,39,43H,5-11,14-16,25-26,30,36H2,1-4H3/b29-23+,31-24+.